The van der Waals surface area contributed by atoms with E-state index in [9.17, 15) is 4.79 Å². The van der Waals surface area contributed by atoms with Crippen molar-refractivity contribution in [2.24, 2.45) is 0 Å². The number of hydrogen-bond donors (Lipinski definition) is 2. The SMILES string of the molecule is O=C(ONCCc1ccccc1)ONCCc1ccccc1. The zero-order chi connectivity index (χ0) is 15.5. The minimum absolute atomic E-state index is 0.531. The Morgan fingerprint density at radius 3 is 1.55 bits per heavy atom. The number of hydrogen-bond acceptors (Lipinski definition) is 5. The molecule has 0 radical (unpaired) electrons. The van der Waals surface area contributed by atoms with Crippen LogP contribution in [0.4, 0.5) is 4.79 Å². The van der Waals surface area contributed by atoms with Gasteiger partial charge in [-0.2, -0.15) is 4.79 Å². The van der Waals surface area contributed by atoms with E-state index in [0.29, 0.717) is 13.1 Å². The van der Waals surface area contributed by atoms with Gasteiger partial charge in [-0.25, -0.2) is 0 Å². The number of carbonyl (C=O) groups excluding carboxylic acids is 1. The first-order valence-corrected chi connectivity index (χ1v) is 7.26. The minimum Gasteiger partial charge on any atom is -0.337 e. The van der Waals surface area contributed by atoms with Crippen LogP contribution in [0, 0.1) is 0 Å². The molecule has 0 aliphatic carbocycles. The second kappa shape index (κ2) is 9.55. The van der Waals surface area contributed by atoms with Crippen LogP contribution in [0.15, 0.2) is 60.7 Å². The summed E-state index contributed by atoms with van der Waals surface area (Å²) < 4.78 is 0. The van der Waals surface area contributed by atoms with E-state index in [1.165, 1.54) is 11.1 Å². The highest BCUT2D eigenvalue weighted by atomic mass is 16.9. The second-order valence-corrected chi connectivity index (χ2v) is 4.71. The first kappa shape index (κ1) is 16.0. The molecule has 5 nitrogen and oxygen atoms in total. The van der Waals surface area contributed by atoms with Gasteiger partial charge in [0.05, 0.1) is 0 Å². The van der Waals surface area contributed by atoms with Crippen LogP contribution in [0.3, 0.4) is 0 Å². The van der Waals surface area contributed by atoms with Gasteiger partial charge in [-0.1, -0.05) is 60.7 Å². The highest BCUT2D eigenvalue weighted by Crippen LogP contribution is 1.99. The lowest BCUT2D eigenvalue weighted by atomic mass is 10.2. The smallest absolute Gasteiger partial charge is 0.337 e. The van der Waals surface area contributed by atoms with Gasteiger partial charge in [-0.15, -0.1) is 11.0 Å². The molecule has 0 unspecified atom stereocenters. The summed E-state index contributed by atoms with van der Waals surface area (Å²) in [4.78, 5) is 20.8. The molecule has 0 aliphatic heterocycles. The minimum atomic E-state index is -0.791. The average molecular weight is 300 g/mol. The van der Waals surface area contributed by atoms with Crippen LogP contribution in [0.1, 0.15) is 11.1 Å². The van der Waals surface area contributed by atoms with Crippen LogP contribution in [-0.2, 0) is 22.5 Å². The first-order chi connectivity index (χ1) is 10.8. The third-order valence-electron chi connectivity index (χ3n) is 3.03. The molecule has 0 atom stereocenters. The largest absolute Gasteiger partial charge is 0.547 e. The fourth-order valence-corrected chi connectivity index (χ4v) is 1.92. The molecule has 0 aromatic heterocycles. The van der Waals surface area contributed by atoms with Gasteiger partial charge in [0.1, 0.15) is 0 Å². The normalized spacial score (nSPS) is 10.2. The van der Waals surface area contributed by atoms with Gasteiger partial charge >= 0.3 is 6.16 Å². The molecular weight excluding hydrogens is 280 g/mol. The van der Waals surface area contributed by atoms with Crippen LogP contribution < -0.4 is 11.0 Å². The molecule has 0 saturated heterocycles. The number of rotatable bonds is 8. The predicted octanol–water partition coefficient (Wildman–Crippen LogP) is 2.63. The molecule has 2 rings (SSSR count). The van der Waals surface area contributed by atoms with Crippen molar-refractivity contribution in [3.8, 4) is 0 Å². The first-order valence-electron chi connectivity index (χ1n) is 7.26. The van der Waals surface area contributed by atoms with Crippen molar-refractivity contribution < 1.29 is 14.5 Å². The Bertz CT molecular complexity index is 497. The summed E-state index contributed by atoms with van der Waals surface area (Å²) in [6, 6.07) is 19.9. The van der Waals surface area contributed by atoms with E-state index in [1.807, 2.05) is 60.7 Å². The summed E-state index contributed by atoms with van der Waals surface area (Å²) in [6.07, 6.45) is 0.756. The molecule has 2 aromatic carbocycles. The Labute approximate surface area is 130 Å². The van der Waals surface area contributed by atoms with Gasteiger partial charge in [-0.05, 0) is 24.0 Å². The Kier molecular flexibility index (Phi) is 6.95. The van der Waals surface area contributed by atoms with E-state index >= 15 is 0 Å². The Balaban J connectivity index is 1.49. The molecule has 2 aromatic rings. The third kappa shape index (κ3) is 6.39. The zero-order valence-electron chi connectivity index (χ0n) is 12.3. The average Bonchev–Trinajstić information content (AvgIpc) is 2.57. The van der Waals surface area contributed by atoms with E-state index in [0.717, 1.165) is 12.8 Å². The molecule has 0 saturated carbocycles. The molecule has 0 aliphatic rings. The summed E-state index contributed by atoms with van der Waals surface area (Å²) in [6.45, 7) is 1.06. The number of hydroxylamine groups is 2. The maximum atomic E-state index is 11.3. The van der Waals surface area contributed by atoms with Crippen molar-refractivity contribution in [1.29, 1.82) is 0 Å². The van der Waals surface area contributed by atoms with Crippen LogP contribution in [-0.4, -0.2) is 19.2 Å². The summed E-state index contributed by atoms with van der Waals surface area (Å²) in [7, 11) is 0. The maximum absolute atomic E-state index is 11.3. The van der Waals surface area contributed by atoms with Gasteiger partial charge in [-0.3, -0.25) is 0 Å². The van der Waals surface area contributed by atoms with E-state index in [-0.39, 0.29) is 0 Å². The van der Waals surface area contributed by atoms with Crippen LogP contribution in [0.25, 0.3) is 0 Å². The lowest BCUT2D eigenvalue weighted by molar-refractivity contribution is -0.0130. The van der Waals surface area contributed by atoms with Gasteiger partial charge in [0, 0.05) is 13.1 Å². The number of nitrogens with one attached hydrogen (secondary N) is 2. The summed E-state index contributed by atoms with van der Waals surface area (Å²) in [5.41, 5.74) is 7.50. The van der Waals surface area contributed by atoms with E-state index in [2.05, 4.69) is 11.0 Å². The summed E-state index contributed by atoms with van der Waals surface area (Å²) in [5.74, 6) is 0. The molecule has 0 bridgehead atoms. The molecule has 0 spiro atoms. The standard InChI is InChI=1S/C17H20N2O3/c20-17(21-18-13-11-15-7-3-1-4-8-15)22-19-14-12-16-9-5-2-6-10-16/h1-10,18-19H,11-14H2. The Hall–Kier alpha value is -2.37. The van der Waals surface area contributed by atoms with Crippen molar-refractivity contribution in [1.82, 2.24) is 11.0 Å². The van der Waals surface area contributed by atoms with Crippen molar-refractivity contribution in [2.75, 3.05) is 13.1 Å². The monoisotopic (exact) mass is 300 g/mol. The quantitative estimate of drug-likeness (QED) is 0.580. The number of carbonyl (C=O) groups is 1. The van der Waals surface area contributed by atoms with Crippen LogP contribution in [0.5, 0.6) is 0 Å². The van der Waals surface area contributed by atoms with Gasteiger partial charge < -0.3 is 9.68 Å². The molecule has 0 heterocycles. The van der Waals surface area contributed by atoms with Crippen molar-refractivity contribution >= 4 is 6.16 Å². The van der Waals surface area contributed by atoms with E-state index < -0.39 is 6.16 Å². The molecule has 22 heavy (non-hydrogen) atoms. The van der Waals surface area contributed by atoms with Crippen LogP contribution >= 0.6 is 0 Å². The Morgan fingerprint density at radius 1 is 0.727 bits per heavy atom. The van der Waals surface area contributed by atoms with Crippen LogP contribution in [0.2, 0.25) is 0 Å². The van der Waals surface area contributed by atoms with Gasteiger partial charge in [0.15, 0.2) is 0 Å². The molecule has 2 N–H and O–H groups in total. The van der Waals surface area contributed by atoms with E-state index in [1.54, 1.807) is 0 Å². The molecule has 5 heteroatoms. The van der Waals surface area contributed by atoms with Crippen molar-refractivity contribution in [2.45, 2.75) is 12.8 Å². The lowest BCUT2D eigenvalue weighted by Gasteiger charge is -2.07. The predicted molar refractivity (Wildman–Crippen MR) is 83.9 cm³/mol. The fourth-order valence-electron chi connectivity index (χ4n) is 1.92. The Morgan fingerprint density at radius 2 is 1.14 bits per heavy atom. The summed E-state index contributed by atoms with van der Waals surface area (Å²) >= 11 is 0. The lowest BCUT2D eigenvalue weighted by Crippen LogP contribution is -2.28. The third-order valence-corrected chi connectivity index (χ3v) is 3.03. The highest BCUT2D eigenvalue weighted by Gasteiger charge is 2.03. The zero-order valence-corrected chi connectivity index (χ0v) is 12.3. The van der Waals surface area contributed by atoms with Gasteiger partial charge in [0.25, 0.3) is 0 Å². The molecule has 0 fully saturated rings. The second-order valence-electron chi connectivity index (χ2n) is 4.71. The van der Waals surface area contributed by atoms with Crippen molar-refractivity contribution in [3.05, 3.63) is 71.8 Å². The topological polar surface area (TPSA) is 59.6 Å². The summed E-state index contributed by atoms with van der Waals surface area (Å²) in [5, 5.41) is 0. The fraction of sp³-hybridized carbons (Fsp3) is 0.235. The van der Waals surface area contributed by atoms with E-state index in [4.69, 9.17) is 9.68 Å². The van der Waals surface area contributed by atoms with Gasteiger partial charge in [0.2, 0.25) is 0 Å². The molecule has 116 valence electrons. The highest BCUT2D eigenvalue weighted by molar-refractivity contribution is 5.58. The maximum Gasteiger partial charge on any atom is 0.547 e. The van der Waals surface area contributed by atoms with Crippen molar-refractivity contribution in [3.63, 3.8) is 0 Å². The molecular formula is C17H20N2O3. The molecule has 0 amide bonds. The number of benzene rings is 2.